The van der Waals surface area contributed by atoms with Gasteiger partial charge in [0.15, 0.2) is 0 Å². The second-order valence-electron chi connectivity index (χ2n) is 9.88. The van der Waals surface area contributed by atoms with E-state index in [-0.39, 0.29) is 17.9 Å². The molecule has 2 saturated heterocycles. The summed E-state index contributed by atoms with van der Waals surface area (Å²) in [5.41, 5.74) is 2.72. The van der Waals surface area contributed by atoms with Crippen molar-refractivity contribution >= 4 is 39.5 Å². The summed E-state index contributed by atoms with van der Waals surface area (Å²) >= 11 is 3.11. The third kappa shape index (κ3) is 4.79. The molecule has 2 N–H and O–H groups in total. The highest BCUT2D eigenvalue weighted by molar-refractivity contribution is 7.18. The fraction of sp³-hybridized carbons (Fsp3) is 0.444. The first-order valence-corrected chi connectivity index (χ1v) is 14.3. The Balaban J connectivity index is 1.05. The van der Waals surface area contributed by atoms with Crippen molar-refractivity contribution in [2.45, 2.75) is 56.4 Å². The molecule has 1 saturated carbocycles. The number of nitrogens with zero attached hydrogens (tertiary/aromatic N) is 2. The molecule has 1 aliphatic carbocycles. The van der Waals surface area contributed by atoms with Crippen LogP contribution in [0.1, 0.15) is 70.6 Å². The predicted octanol–water partition coefficient (Wildman–Crippen LogP) is 5.46. The number of amides is 2. The summed E-state index contributed by atoms with van der Waals surface area (Å²) in [6.45, 7) is 2.27. The number of thiazole rings is 1. The third-order valence-electron chi connectivity index (χ3n) is 7.48. The second kappa shape index (κ2) is 9.84. The minimum Gasteiger partial charge on any atom is -0.336 e. The fourth-order valence-corrected chi connectivity index (χ4v) is 7.28. The first-order valence-electron chi connectivity index (χ1n) is 12.6. The highest BCUT2D eigenvalue weighted by atomic mass is 32.1. The van der Waals surface area contributed by atoms with Crippen molar-refractivity contribution in [3.63, 3.8) is 0 Å². The molecule has 182 valence electrons. The monoisotopic (exact) mass is 506 g/mol. The molecule has 2 aliphatic heterocycles. The SMILES string of the molecule is O=C(Nc1ccc(C(=O)N2CC(c3ncc(-c4cccc(C5CCCC5)c4)s3)C2)s1)[C@@H]1CCCN1. The van der Waals surface area contributed by atoms with Gasteiger partial charge in [-0.2, -0.15) is 0 Å². The minimum absolute atomic E-state index is 0.0132. The molecular weight excluding hydrogens is 476 g/mol. The van der Waals surface area contributed by atoms with E-state index in [1.165, 1.54) is 53.0 Å². The van der Waals surface area contributed by atoms with Gasteiger partial charge in [-0.05, 0) is 61.4 Å². The van der Waals surface area contributed by atoms with E-state index < -0.39 is 0 Å². The topological polar surface area (TPSA) is 74.3 Å². The molecule has 0 spiro atoms. The maximum Gasteiger partial charge on any atom is 0.264 e. The van der Waals surface area contributed by atoms with Gasteiger partial charge >= 0.3 is 0 Å². The van der Waals surface area contributed by atoms with E-state index >= 15 is 0 Å². The molecule has 6 rings (SSSR count). The van der Waals surface area contributed by atoms with E-state index in [0.29, 0.717) is 29.8 Å². The fourth-order valence-electron chi connectivity index (χ4n) is 5.41. The van der Waals surface area contributed by atoms with Gasteiger partial charge in [-0.1, -0.05) is 37.1 Å². The van der Waals surface area contributed by atoms with E-state index in [1.807, 2.05) is 23.2 Å². The van der Waals surface area contributed by atoms with Crippen LogP contribution in [0.4, 0.5) is 5.00 Å². The summed E-state index contributed by atoms with van der Waals surface area (Å²) in [7, 11) is 0. The van der Waals surface area contributed by atoms with Gasteiger partial charge in [-0.25, -0.2) is 4.98 Å². The Hall–Kier alpha value is -2.55. The van der Waals surface area contributed by atoms with Gasteiger partial charge in [0.05, 0.1) is 25.8 Å². The highest BCUT2D eigenvalue weighted by Crippen LogP contribution is 2.39. The largest absolute Gasteiger partial charge is 0.336 e. The average molecular weight is 507 g/mol. The molecule has 2 aromatic heterocycles. The van der Waals surface area contributed by atoms with E-state index in [4.69, 9.17) is 4.98 Å². The van der Waals surface area contributed by atoms with Gasteiger partial charge in [-0.3, -0.25) is 9.59 Å². The molecule has 35 heavy (non-hydrogen) atoms. The van der Waals surface area contributed by atoms with Crippen LogP contribution in [0.2, 0.25) is 0 Å². The number of carbonyl (C=O) groups excluding carboxylic acids is 2. The normalized spacial score (nSPS) is 20.8. The molecule has 2 amide bonds. The summed E-state index contributed by atoms with van der Waals surface area (Å²) in [6.07, 6.45) is 9.17. The number of hydrogen-bond donors (Lipinski definition) is 2. The molecule has 3 aromatic rings. The van der Waals surface area contributed by atoms with Crippen molar-refractivity contribution in [3.05, 3.63) is 58.0 Å². The van der Waals surface area contributed by atoms with Gasteiger partial charge in [0.2, 0.25) is 5.91 Å². The number of rotatable bonds is 6. The number of carbonyl (C=O) groups is 2. The molecule has 1 aromatic carbocycles. The maximum atomic E-state index is 12.9. The summed E-state index contributed by atoms with van der Waals surface area (Å²) in [5, 5.41) is 7.99. The van der Waals surface area contributed by atoms with E-state index in [0.717, 1.165) is 29.4 Å². The minimum atomic E-state index is -0.124. The second-order valence-corrected chi connectivity index (χ2v) is 12.0. The van der Waals surface area contributed by atoms with Crippen LogP contribution in [0.15, 0.2) is 42.6 Å². The first kappa shape index (κ1) is 22.9. The Kier molecular flexibility index (Phi) is 6.43. The molecule has 3 aliphatic rings. The smallest absolute Gasteiger partial charge is 0.264 e. The molecule has 3 fully saturated rings. The first-order chi connectivity index (χ1) is 17.1. The van der Waals surface area contributed by atoms with Crippen LogP contribution in [0.5, 0.6) is 0 Å². The van der Waals surface area contributed by atoms with Crippen LogP contribution < -0.4 is 10.6 Å². The molecule has 0 unspecified atom stereocenters. The quantitative estimate of drug-likeness (QED) is 0.466. The van der Waals surface area contributed by atoms with Crippen molar-refractivity contribution in [2.24, 2.45) is 0 Å². The number of nitrogens with one attached hydrogen (secondary N) is 2. The number of aromatic nitrogens is 1. The molecule has 8 heteroatoms. The van der Waals surface area contributed by atoms with Gasteiger partial charge in [0.1, 0.15) is 0 Å². The van der Waals surface area contributed by atoms with Crippen molar-refractivity contribution in [3.8, 4) is 10.4 Å². The lowest BCUT2D eigenvalue weighted by Crippen LogP contribution is -2.48. The van der Waals surface area contributed by atoms with E-state index in [2.05, 4.69) is 34.9 Å². The Labute approximate surface area is 213 Å². The number of likely N-dealkylation sites (tertiary alicyclic amines) is 1. The summed E-state index contributed by atoms with van der Waals surface area (Å²) in [4.78, 5) is 33.7. The molecule has 4 heterocycles. The van der Waals surface area contributed by atoms with Crippen LogP contribution >= 0.6 is 22.7 Å². The van der Waals surface area contributed by atoms with Crippen LogP contribution in [-0.4, -0.2) is 47.4 Å². The van der Waals surface area contributed by atoms with Crippen LogP contribution in [0.3, 0.4) is 0 Å². The number of anilines is 1. The third-order valence-corrected chi connectivity index (χ3v) is 9.68. The van der Waals surface area contributed by atoms with Crippen molar-refractivity contribution in [1.29, 1.82) is 0 Å². The van der Waals surface area contributed by atoms with Crippen LogP contribution in [0.25, 0.3) is 10.4 Å². The van der Waals surface area contributed by atoms with E-state index in [1.54, 1.807) is 11.3 Å². The number of thiophene rings is 1. The lowest BCUT2D eigenvalue weighted by atomic mass is 9.96. The number of hydrogen-bond acceptors (Lipinski definition) is 6. The lowest BCUT2D eigenvalue weighted by Gasteiger charge is -2.37. The van der Waals surface area contributed by atoms with Gasteiger partial charge in [0, 0.05) is 25.2 Å². The summed E-state index contributed by atoms with van der Waals surface area (Å²) < 4.78 is 0. The van der Waals surface area contributed by atoms with Gasteiger partial charge in [-0.15, -0.1) is 22.7 Å². The van der Waals surface area contributed by atoms with E-state index in [9.17, 15) is 9.59 Å². The Morgan fingerprint density at radius 2 is 1.86 bits per heavy atom. The molecular formula is C27H30N4O2S2. The van der Waals surface area contributed by atoms with Crippen molar-refractivity contribution in [2.75, 3.05) is 25.0 Å². The molecule has 0 bridgehead atoms. The van der Waals surface area contributed by atoms with Gasteiger partial charge in [0.25, 0.3) is 5.91 Å². The average Bonchev–Trinajstić information content (AvgIpc) is 3.65. The molecule has 0 radical (unpaired) electrons. The Bertz CT molecular complexity index is 1220. The number of benzene rings is 1. The zero-order valence-electron chi connectivity index (χ0n) is 19.7. The molecule has 6 nitrogen and oxygen atoms in total. The maximum absolute atomic E-state index is 12.9. The Morgan fingerprint density at radius 3 is 2.66 bits per heavy atom. The Morgan fingerprint density at radius 1 is 1.00 bits per heavy atom. The van der Waals surface area contributed by atoms with Crippen molar-refractivity contribution < 1.29 is 9.59 Å². The standard InChI is InChI=1S/C27H30N4O2S2/c32-25(21-9-4-12-28-21)30-24-11-10-22(34-24)27(33)31-15-20(16-31)26-29-14-23(35-26)19-8-3-7-18(13-19)17-5-1-2-6-17/h3,7-8,10-11,13-14,17,20-21,28H,1-2,4-6,9,12,15-16H2,(H,30,32)/t21-/m0/s1. The molecule has 1 atom stereocenters. The zero-order chi connectivity index (χ0) is 23.8. The summed E-state index contributed by atoms with van der Waals surface area (Å²) in [6, 6.07) is 12.5. The zero-order valence-corrected chi connectivity index (χ0v) is 21.3. The highest BCUT2D eigenvalue weighted by Gasteiger charge is 2.35. The van der Waals surface area contributed by atoms with Gasteiger partial charge < -0.3 is 15.5 Å². The predicted molar refractivity (Wildman–Crippen MR) is 141 cm³/mol. The van der Waals surface area contributed by atoms with Crippen LogP contribution in [0, 0.1) is 0 Å². The summed E-state index contributed by atoms with van der Waals surface area (Å²) in [5.74, 6) is 1.02. The van der Waals surface area contributed by atoms with Crippen molar-refractivity contribution in [1.82, 2.24) is 15.2 Å². The van der Waals surface area contributed by atoms with Crippen LogP contribution in [-0.2, 0) is 4.79 Å². The lowest BCUT2D eigenvalue weighted by molar-refractivity contribution is -0.117.